The Labute approximate surface area is 171 Å². The molecule has 2 amide bonds. The van der Waals surface area contributed by atoms with E-state index in [0.717, 1.165) is 5.56 Å². The number of hydrogen-bond acceptors (Lipinski definition) is 4. The van der Waals surface area contributed by atoms with Gasteiger partial charge in [-0.3, -0.25) is 9.59 Å². The molecule has 0 saturated carbocycles. The number of nitrogens with one attached hydrogen (secondary N) is 2. The molecule has 0 atom stereocenters. The lowest BCUT2D eigenvalue weighted by Gasteiger charge is -2.07. The highest BCUT2D eigenvalue weighted by Crippen LogP contribution is 2.21. The van der Waals surface area contributed by atoms with Crippen LogP contribution in [0.4, 0.5) is 14.5 Å². The van der Waals surface area contributed by atoms with Crippen molar-refractivity contribution in [3.63, 3.8) is 0 Å². The largest absolute Gasteiger partial charge is 0.459 e. The fourth-order valence-corrected chi connectivity index (χ4v) is 2.54. The molecule has 0 aliphatic heterocycles. The molecule has 3 aromatic rings. The van der Waals surface area contributed by atoms with Gasteiger partial charge in [0.25, 0.3) is 5.91 Å². The summed E-state index contributed by atoms with van der Waals surface area (Å²) in [6.07, 6.45) is 4.06. The Bertz CT molecular complexity index is 1020. The number of furan rings is 1. The SMILES string of the molecule is O=C(/C=C/c1ccccc1OC(F)F)NCc1ccc(NC(=O)c2ccco2)cc1. The number of para-hydroxylation sites is 1. The topological polar surface area (TPSA) is 80.6 Å². The Hall–Kier alpha value is -3.94. The molecule has 0 saturated heterocycles. The van der Waals surface area contributed by atoms with Crippen molar-refractivity contribution in [3.8, 4) is 5.75 Å². The van der Waals surface area contributed by atoms with Crippen LogP contribution in [0.1, 0.15) is 21.7 Å². The van der Waals surface area contributed by atoms with E-state index in [1.54, 1.807) is 54.6 Å². The molecule has 2 aromatic carbocycles. The average Bonchev–Trinajstić information content (AvgIpc) is 3.27. The van der Waals surface area contributed by atoms with Crippen molar-refractivity contribution in [1.29, 1.82) is 0 Å². The number of rotatable bonds is 8. The lowest BCUT2D eigenvalue weighted by molar-refractivity contribution is -0.116. The third kappa shape index (κ3) is 6.03. The first-order chi connectivity index (χ1) is 14.5. The monoisotopic (exact) mass is 412 g/mol. The second kappa shape index (κ2) is 10.0. The first-order valence-corrected chi connectivity index (χ1v) is 8.95. The van der Waals surface area contributed by atoms with E-state index in [0.29, 0.717) is 11.3 Å². The minimum absolute atomic E-state index is 0.0104. The lowest BCUT2D eigenvalue weighted by Crippen LogP contribution is -2.20. The highest BCUT2D eigenvalue weighted by molar-refractivity contribution is 6.02. The number of carbonyl (C=O) groups excluding carboxylic acids is 2. The van der Waals surface area contributed by atoms with Gasteiger partial charge in [-0.1, -0.05) is 30.3 Å². The predicted octanol–water partition coefficient (Wildman–Crippen LogP) is 4.46. The molecule has 2 N–H and O–H groups in total. The number of alkyl halides is 2. The minimum atomic E-state index is -2.94. The third-order valence-corrected chi connectivity index (χ3v) is 3.97. The van der Waals surface area contributed by atoms with Crippen LogP contribution >= 0.6 is 0 Å². The summed E-state index contributed by atoms with van der Waals surface area (Å²) in [5, 5.41) is 5.39. The summed E-state index contributed by atoms with van der Waals surface area (Å²) in [5.74, 6) is -0.554. The molecule has 1 aromatic heterocycles. The summed E-state index contributed by atoms with van der Waals surface area (Å²) >= 11 is 0. The number of ether oxygens (including phenoxy) is 1. The normalized spacial score (nSPS) is 10.9. The molecule has 0 spiro atoms. The number of benzene rings is 2. The van der Waals surface area contributed by atoms with Crippen LogP contribution in [0.15, 0.2) is 77.4 Å². The van der Waals surface area contributed by atoms with Crippen molar-refractivity contribution < 1.29 is 27.5 Å². The Morgan fingerprint density at radius 3 is 2.50 bits per heavy atom. The number of carbonyl (C=O) groups is 2. The van der Waals surface area contributed by atoms with Crippen molar-refractivity contribution >= 4 is 23.6 Å². The second-order valence-corrected chi connectivity index (χ2v) is 6.10. The summed E-state index contributed by atoms with van der Waals surface area (Å²) in [4.78, 5) is 23.9. The summed E-state index contributed by atoms with van der Waals surface area (Å²) in [6.45, 7) is -2.69. The van der Waals surface area contributed by atoms with Gasteiger partial charge in [0.2, 0.25) is 5.91 Å². The second-order valence-electron chi connectivity index (χ2n) is 6.10. The molecule has 6 nitrogen and oxygen atoms in total. The average molecular weight is 412 g/mol. The Kier molecular flexibility index (Phi) is 6.94. The van der Waals surface area contributed by atoms with Gasteiger partial charge in [-0.15, -0.1) is 0 Å². The molecular weight excluding hydrogens is 394 g/mol. The van der Waals surface area contributed by atoms with E-state index in [1.807, 2.05) is 0 Å². The molecule has 8 heteroatoms. The van der Waals surface area contributed by atoms with Gasteiger partial charge in [-0.25, -0.2) is 0 Å². The number of hydrogen-bond donors (Lipinski definition) is 2. The van der Waals surface area contributed by atoms with Crippen molar-refractivity contribution in [2.75, 3.05) is 5.32 Å². The Morgan fingerprint density at radius 2 is 1.80 bits per heavy atom. The zero-order valence-electron chi connectivity index (χ0n) is 15.7. The van der Waals surface area contributed by atoms with Crippen LogP contribution in [-0.2, 0) is 11.3 Å². The van der Waals surface area contributed by atoms with E-state index in [-0.39, 0.29) is 24.0 Å². The van der Waals surface area contributed by atoms with Crippen LogP contribution in [0.25, 0.3) is 6.08 Å². The lowest BCUT2D eigenvalue weighted by atomic mass is 10.2. The summed E-state index contributed by atoms with van der Waals surface area (Å²) < 4.78 is 34.3. The fraction of sp³-hybridized carbons (Fsp3) is 0.0909. The maximum Gasteiger partial charge on any atom is 0.387 e. The predicted molar refractivity (Wildman–Crippen MR) is 107 cm³/mol. The van der Waals surface area contributed by atoms with Crippen LogP contribution in [0, 0.1) is 0 Å². The Balaban J connectivity index is 1.51. The highest BCUT2D eigenvalue weighted by atomic mass is 19.3. The maximum absolute atomic E-state index is 12.4. The quantitative estimate of drug-likeness (QED) is 0.535. The molecule has 154 valence electrons. The summed E-state index contributed by atoms with van der Waals surface area (Å²) in [6, 6.07) is 16.3. The zero-order valence-corrected chi connectivity index (χ0v) is 15.7. The standard InChI is InChI=1S/C22H18F2N2O4/c23-22(24)30-18-5-2-1-4-16(18)9-12-20(27)25-14-15-7-10-17(11-8-15)26-21(28)19-6-3-13-29-19/h1-13,22H,14H2,(H,25,27)(H,26,28)/b12-9+. The van der Waals surface area contributed by atoms with Crippen molar-refractivity contribution in [3.05, 3.63) is 89.9 Å². The van der Waals surface area contributed by atoms with Gasteiger partial charge in [0.1, 0.15) is 5.75 Å². The van der Waals surface area contributed by atoms with Crippen LogP contribution < -0.4 is 15.4 Å². The molecule has 30 heavy (non-hydrogen) atoms. The van der Waals surface area contributed by atoms with Gasteiger partial charge in [0.15, 0.2) is 5.76 Å². The molecule has 0 fully saturated rings. The minimum Gasteiger partial charge on any atom is -0.459 e. The summed E-state index contributed by atoms with van der Waals surface area (Å²) in [5.41, 5.74) is 1.76. The van der Waals surface area contributed by atoms with E-state index in [4.69, 9.17) is 4.42 Å². The third-order valence-electron chi connectivity index (χ3n) is 3.97. The molecule has 0 radical (unpaired) electrons. The van der Waals surface area contributed by atoms with E-state index < -0.39 is 12.5 Å². The first-order valence-electron chi connectivity index (χ1n) is 8.95. The van der Waals surface area contributed by atoms with Crippen molar-refractivity contribution in [1.82, 2.24) is 5.32 Å². The van der Waals surface area contributed by atoms with Crippen LogP contribution in [0.2, 0.25) is 0 Å². The van der Waals surface area contributed by atoms with Crippen LogP contribution in [-0.4, -0.2) is 18.4 Å². The Morgan fingerprint density at radius 1 is 1.03 bits per heavy atom. The number of anilines is 1. The van der Waals surface area contributed by atoms with Crippen molar-refractivity contribution in [2.24, 2.45) is 0 Å². The number of amides is 2. The van der Waals surface area contributed by atoms with Gasteiger partial charge in [-0.2, -0.15) is 8.78 Å². The smallest absolute Gasteiger partial charge is 0.387 e. The molecule has 0 aliphatic carbocycles. The van der Waals surface area contributed by atoms with Gasteiger partial charge >= 0.3 is 6.61 Å². The van der Waals surface area contributed by atoms with Crippen LogP contribution in [0.5, 0.6) is 5.75 Å². The van der Waals surface area contributed by atoms with E-state index in [9.17, 15) is 18.4 Å². The molecule has 0 unspecified atom stereocenters. The molecule has 3 rings (SSSR count). The highest BCUT2D eigenvalue weighted by Gasteiger charge is 2.09. The van der Waals surface area contributed by atoms with Gasteiger partial charge in [0, 0.05) is 23.9 Å². The zero-order chi connectivity index (χ0) is 21.3. The molecule has 1 heterocycles. The summed E-state index contributed by atoms with van der Waals surface area (Å²) in [7, 11) is 0. The van der Waals surface area contributed by atoms with E-state index >= 15 is 0 Å². The fourth-order valence-electron chi connectivity index (χ4n) is 2.54. The van der Waals surface area contributed by atoms with E-state index in [2.05, 4.69) is 15.4 Å². The maximum atomic E-state index is 12.4. The first kappa shape index (κ1) is 20.8. The molecular formula is C22H18F2N2O4. The van der Waals surface area contributed by atoms with E-state index in [1.165, 1.54) is 24.5 Å². The van der Waals surface area contributed by atoms with Gasteiger partial charge in [-0.05, 0) is 42.0 Å². The van der Waals surface area contributed by atoms with Crippen molar-refractivity contribution in [2.45, 2.75) is 13.2 Å². The molecule has 0 bridgehead atoms. The van der Waals surface area contributed by atoms with Crippen LogP contribution in [0.3, 0.4) is 0 Å². The number of halogens is 2. The molecule has 0 aliphatic rings. The van der Waals surface area contributed by atoms with Gasteiger partial charge in [0.05, 0.1) is 6.26 Å². The van der Waals surface area contributed by atoms with Gasteiger partial charge < -0.3 is 19.8 Å².